The monoisotopic (exact) mass is 508 g/mol. The van der Waals surface area contributed by atoms with Gasteiger partial charge in [0.2, 0.25) is 0 Å². The lowest BCUT2D eigenvalue weighted by atomic mass is 9.85. The Hall–Kier alpha value is -0.870. The van der Waals surface area contributed by atoms with Crippen molar-refractivity contribution < 1.29 is 8.42 Å². The van der Waals surface area contributed by atoms with Gasteiger partial charge >= 0.3 is 0 Å². The fraction of sp³-hybridized carbons (Fsp3) is 0.632. The van der Waals surface area contributed by atoms with Gasteiger partial charge in [-0.3, -0.25) is 9.89 Å². The minimum atomic E-state index is -2.82. The summed E-state index contributed by atoms with van der Waals surface area (Å²) in [5, 5.41) is 6.64. The van der Waals surface area contributed by atoms with Crippen molar-refractivity contribution in [2.75, 3.05) is 50.8 Å². The fourth-order valence-electron chi connectivity index (χ4n) is 2.91. The van der Waals surface area contributed by atoms with Gasteiger partial charge in [-0.15, -0.1) is 24.0 Å². The normalized spacial score (nSPS) is 17.8. The molecule has 0 bridgehead atoms. The molecule has 1 aromatic rings. The summed E-state index contributed by atoms with van der Waals surface area (Å²) in [6.45, 7) is 10.8. The molecule has 8 heteroatoms. The van der Waals surface area contributed by atoms with Crippen LogP contribution in [-0.2, 0) is 15.3 Å². The van der Waals surface area contributed by atoms with Crippen LogP contribution in [0.5, 0.6) is 0 Å². The van der Waals surface area contributed by atoms with Crippen LogP contribution in [-0.4, -0.2) is 70.1 Å². The van der Waals surface area contributed by atoms with Crippen molar-refractivity contribution in [1.29, 1.82) is 0 Å². The number of aliphatic imine (C=N–C) groups is 1. The number of hydrogen-bond donors (Lipinski definition) is 2. The van der Waals surface area contributed by atoms with Crippen molar-refractivity contribution in [1.82, 2.24) is 15.5 Å². The van der Waals surface area contributed by atoms with Crippen molar-refractivity contribution in [2.24, 2.45) is 4.99 Å². The summed E-state index contributed by atoms with van der Waals surface area (Å²) < 4.78 is 23.0. The van der Waals surface area contributed by atoms with Gasteiger partial charge in [-0.1, -0.05) is 44.2 Å². The number of sulfone groups is 1. The predicted octanol–water partition coefficient (Wildman–Crippen LogP) is 1.87. The quantitative estimate of drug-likeness (QED) is 0.334. The van der Waals surface area contributed by atoms with Crippen LogP contribution >= 0.6 is 24.0 Å². The number of benzene rings is 1. The second-order valence-corrected chi connectivity index (χ2v) is 9.67. The van der Waals surface area contributed by atoms with Gasteiger partial charge in [0.25, 0.3) is 0 Å². The Morgan fingerprint density at radius 3 is 2.37 bits per heavy atom. The van der Waals surface area contributed by atoms with E-state index in [4.69, 9.17) is 4.99 Å². The Kier molecular flexibility index (Phi) is 10.0. The van der Waals surface area contributed by atoms with Crippen LogP contribution in [0.3, 0.4) is 0 Å². The van der Waals surface area contributed by atoms with E-state index in [9.17, 15) is 8.42 Å². The van der Waals surface area contributed by atoms with Crippen molar-refractivity contribution in [3.05, 3.63) is 35.9 Å². The molecule has 0 saturated carbocycles. The van der Waals surface area contributed by atoms with Gasteiger partial charge in [0, 0.05) is 38.1 Å². The average molecular weight is 508 g/mol. The fourth-order valence-corrected chi connectivity index (χ4v) is 4.18. The third kappa shape index (κ3) is 8.35. The number of halogens is 1. The van der Waals surface area contributed by atoms with E-state index in [1.165, 1.54) is 5.56 Å². The Bertz CT molecular complexity index is 679. The van der Waals surface area contributed by atoms with Gasteiger partial charge in [-0.05, 0) is 12.5 Å². The highest BCUT2D eigenvalue weighted by molar-refractivity contribution is 14.0. The van der Waals surface area contributed by atoms with E-state index in [-0.39, 0.29) is 40.9 Å². The molecular formula is C19H33IN4O2S. The molecule has 1 saturated heterocycles. The standard InChI is InChI=1S/C19H32N4O2S.HI/c1-4-20-18(21-10-11-23-12-14-26(24,25)15-13-23)22-16-19(2,3)17-8-6-5-7-9-17;/h5-9H,4,10-16H2,1-3H3,(H2,20,21,22);1H. The molecule has 2 N–H and O–H groups in total. The van der Waals surface area contributed by atoms with E-state index in [2.05, 4.69) is 60.6 Å². The Balaban J connectivity index is 0.00000364. The zero-order chi connectivity index (χ0) is 19.0. The van der Waals surface area contributed by atoms with Crippen LogP contribution in [0, 0.1) is 0 Å². The summed E-state index contributed by atoms with van der Waals surface area (Å²) >= 11 is 0. The third-order valence-corrected chi connectivity index (χ3v) is 6.30. The van der Waals surface area contributed by atoms with Crippen LogP contribution < -0.4 is 10.6 Å². The molecule has 0 atom stereocenters. The van der Waals surface area contributed by atoms with E-state index in [1.807, 2.05) is 6.07 Å². The second-order valence-electron chi connectivity index (χ2n) is 7.37. The number of guanidine groups is 1. The average Bonchev–Trinajstić information content (AvgIpc) is 2.62. The summed E-state index contributed by atoms with van der Waals surface area (Å²) in [7, 11) is -2.82. The van der Waals surface area contributed by atoms with Crippen LogP contribution in [0.1, 0.15) is 26.3 Å². The highest BCUT2D eigenvalue weighted by atomic mass is 127. The van der Waals surface area contributed by atoms with E-state index in [0.29, 0.717) is 19.6 Å². The summed E-state index contributed by atoms with van der Waals surface area (Å²) in [5.74, 6) is 1.35. The maximum atomic E-state index is 11.5. The van der Waals surface area contributed by atoms with Crippen molar-refractivity contribution in [3.8, 4) is 0 Å². The van der Waals surface area contributed by atoms with E-state index in [1.54, 1.807) is 0 Å². The lowest BCUT2D eigenvalue weighted by Gasteiger charge is -2.27. The molecule has 0 radical (unpaired) electrons. The van der Waals surface area contributed by atoms with Gasteiger partial charge in [0.05, 0.1) is 18.1 Å². The molecule has 1 aliphatic heterocycles. The molecule has 1 fully saturated rings. The molecule has 0 amide bonds. The lowest BCUT2D eigenvalue weighted by molar-refractivity contribution is 0.299. The van der Waals surface area contributed by atoms with E-state index < -0.39 is 9.84 Å². The first kappa shape index (κ1) is 24.2. The van der Waals surface area contributed by atoms with Gasteiger partial charge < -0.3 is 10.6 Å². The Morgan fingerprint density at radius 2 is 1.78 bits per heavy atom. The molecule has 1 aromatic carbocycles. The molecular weight excluding hydrogens is 475 g/mol. The molecule has 0 aromatic heterocycles. The highest BCUT2D eigenvalue weighted by Crippen LogP contribution is 2.22. The minimum Gasteiger partial charge on any atom is -0.357 e. The molecule has 2 rings (SSSR count). The predicted molar refractivity (Wildman–Crippen MR) is 124 cm³/mol. The SMILES string of the molecule is CCNC(=NCC(C)(C)c1ccccc1)NCCN1CCS(=O)(=O)CC1.I. The van der Waals surface area contributed by atoms with Crippen molar-refractivity contribution in [3.63, 3.8) is 0 Å². The molecule has 154 valence electrons. The zero-order valence-electron chi connectivity index (χ0n) is 16.6. The largest absolute Gasteiger partial charge is 0.357 e. The molecule has 1 heterocycles. The highest BCUT2D eigenvalue weighted by Gasteiger charge is 2.21. The molecule has 0 aliphatic carbocycles. The summed E-state index contributed by atoms with van der Waals surface area (Å²) in [5.41, 5.74) is 1.24. The van der Waals surface area contributed by atoms with Gasteiger partial charge in [0.15, 0.2) is 15.8 Å². The number of hydrogen-bond acceptors (Lipinski definition) is 4. The minimum absolute atomic E-state index is 0. The molecule has 0 spiro atoms. The van der Waals surface area contributed by atoms with Gasteiger partial charge in [0.1, 0.15) is 0 Å². The first-order valence-electron chi connectivity index (χ1n) is 9.33. The number of rotatable bonds is 7. The van der Waals surface area contributed by atoms with Crippen LogP contribution in [0.15, 0.2) is 35.3 Å². The Morgan fingerprint density at radius 1 is 1.15 bits per heavy atom. The van der Waals surface area contributed by atoms with Crippen molar-refractivity contribution in [2.45, 2.75) is 26.2 Å². The van der Waals surface area contributed by atoms with Crippen LogP contribution in [0.4, 0.5) is 0 Å². The second kappa shape index (κ2) is 11.2. The number of nitrogens with zero attached hydrogens (tertiary/aromatic N) is 2. The summed E-state index contributed by atoms with van der Waals surface area (Å²) in [6, 6.07) is 10.4. The van der Waals surface area contributed by atoms with Crippen LogP contribution in [0.2, 0.25) is 0 Å². The van der Waals surface area contributed by atoms with Gasteiger partial charge in [-0.2, -0.15) is 0 Å². The Labute approximate surface area is 181 Å². The maximum Gasteiger partial charge on any atom is 0.191 e. The molecule has 6 nitrogen and oxygen atoms in total. The zero-order valence-corrected chi connectivity index (χ0v) is 19.7. The number of nitrogens with one attached hydrogen (secondary N) is 2. The van der Waals surface area contributed by atoms with Crippen molar-refractivity contribution >= 4 is 39.8 Å². The molecule has 1 aliphatic rings. The lowest BCUT2D eigenvalue weighted by Crippen LogP contribution is -2.46. The van der Waals surface area contributed by atoms with Gasteiger partial charge in [-0.25, -0.2) is 8.42 Å². The first-order valence-corrected chi connectivity index (χ1v) is 11.1. The molecule has 27 heavy (non-hydrogen) atoms. The van der Waals surface area contributed by atoms with E-state index in [0.717, 1.165) is 25.6 Å². The van der Waals surface area contributed by atoms with Crippen LogP contribution in [0.25, 0.3) is 0 Å². The maximum absolute atomic E-state index is 11.5. The third-order valence-electron chi connectivity index (χ3n) is 4.69. The summed E-state index contributed by atoms with van der Waals surface area (Å²) in [4.78, 5) is 6.93. The smallest absolute Gasteiger partial charge is 0.191 e. The first-order chi connectivity index (χ1) is 12.3. The topological polar surface area (TPSA) is 73.8 Å². The van der Waals surface area contributed by atoms with E-state index >= 15 is 0 Å². The summed E-state index contributed by atoms with van der Waals surface area (Å²) in [6.07, 6.45) is 0. The molecule has 0 unspecified atom stereocenters.